The summed E-state index contributed by atoms with van der Waals surface area (Å²) in [6, 6.07) is 10.3. The number of rotatable bonds is 6. The van der Waals surface area contributed by atoms with Crippen LogP contribution >= 0.6 is 0 Å². The summed E-state index contributed by atoms with van der Waals surface area (Å²) in [7, 11) is 0. The van der Waals surface area contributed by atoms with Crippen molar-refractivity contribution in [3.8, 4) is 0 Å². The Bertz CT molecular complexity index is 364. The van der Waals surface area contributed by atoms with E-state index in [0.717, 1.165) is 25.9 Å². The first kappa shape index (κ1) is 14.5. The molecule has 0 bridgehead atoms. The lowest BCUT2D eigenvalue weighted by Crippen LogP contribution is -2.53. The van der Waals surface area contributed by atoms with Crippen molar-refractivity contribution in [1.29, 1.82) is 0 Å². The van der Waals surface area contributed by atoms with Crippen LogP contribution in [0.15, 0.2) is 30.3 Å². The minimum absolute atomic E-state index is 0.0340. The van der Waals surface area contributed by atoms with Gasteiger partial charge >= 0.3 is 0 Å². The fraction of sp³-hybridized carbons (Fsp3) is 0.625. The second kappa shape index (κ2) is 7.04. The molecular formula is C16H25NO2. The quantitative estimate of drug-likeness (QED) is 0.856. The zero-order valence-corrected chi connectivity index (χ0v) is 12.0. The third-order valence-electron chi connectivity index (χ3n) is 3.52. The Morgan fingerprint density at radius 3 is 2.89 bits per heavy atom. The van der Waals surface area contributed by atoms with Gasteiger partial charge in [0.25, 0.3) is 0 Å². The zero-order chi connectivity index (χ0) is 13.6. The average Bonchev–Trinajstić information content (AvgIpc) is 2.40. The summed E-state index contributed by atoms with van der Waals surface area (Å²) < 4.78 is 11.9. The van der Waals surface area contributed by atoms with Crippen molar-refractivity contribution in [1.82, 2.24) is 5.32 Å². The summed E-state index contributed by atoms with van der Waals surface area (Å²) in [5.41, 5.74) is 1.18. The molecule has 3 heteroatoms. The number of hydrogen-bond donors (Lipinski definition) is 1. The van der Waals surface area contributed by atoms with Gasteiger partial charge in [-0.2, -0.15) is 0 Å². The first-order valence-corrected chi connectivity index (χ1v) is 7.22. The van der Waals surface area contributed by atoms with E-state index in [2.05, 4.69) is 31.3 Å². The van der Waals surface area contributed by atoms with Gasteiger partial charge in [-0.15, -0.1) is 0 Å². The molecule has 3 nitrogen and oxygen atoms in total. The molecule has 2 atom stereocenters. The van der Waals surface area contributed by atoms with Gasteiger partial charge in [0.1, 0.15) is 0 Å². The van der Waals surface area contributed by atoms with Crippen LogP contribution in [-0.4, -0.2) is 31.4 Å². The molecule has 0 radical (unpaired) electrons. The van der Waals surface area contributed by atoms with E-state index >= 15 is 0 Å². The van der Waals surface area contributed by atoms with E-state index in [9.17, 15) is 0 Å². The first-order chi connectivity index (χ1) is 9.22. The van der Waals surface area contributed by atoms with Gasteiger partial charge in [-0.05, 0) is 18.9 Å². The summed E-state index contributed by atoms with van der Waals surface area (Å²) in [6.07, 6.45) is 2.40. The van der Waals surface area contributed by atoms with Crippen molar-refractivity contribution in [2.24, 2.45) is 0 Å². The summed E-state index contributed by atoms with van der Waals surface area (Å²) in [6.45, 7) is 7.52. The highest BCUT2D eigenvalue weighted by Gasteiger charge is 2.31. The van der Waals surface area contributed by atoms with Gasteiger partial charge in [0, 0.05) is 13.1 Å². The van der Waals surface area contributed by atoms with E-state index in [1.165, 1.54) is 5.56 Å². The molecule has 1 aliphatic heterocycles. The second-order valence-electron chi connectivity index (χ2n) is 5.57. The molecule has 1 saturated heterocycles. The van der Waals surface area contributed by atoms with Crippen LogP contribution in [0, 0.1) is 0 Å². The summed E-state index contributed by atoms with van der Waals surface area (Å²) in [5.74, 6) is 0. The second-order valence-corrected chi connectivity index (χ2v) is 5.57. The molecule has 1 fully saturated rings. The number of ether oxygens (including phenoxy) is 2. The molecule has 0 aromatic heterocycles. The number of morpholine rings is 1. The van der Waals surface area contributed by atoms with Crippen LogP contribution in [0.5, 0.6) is 0 Å². The predicted octanol–water partition coefficient (Wildman–Crippen LogP) is 2.75. The van der Waals surface area contributed by atoms with E-state index in [0.29, 0.717) is 13.2 Å². The molecule has 0 aliphatic carbocycles. The van der Waals surface area contributed by atoms with Crippen molar-refractivity contribution >= 4 is 0 Å². The molecule has 0 spiro atoms. The molecular weight excluding hydrogens is 238 g/mol. The molecule has 1 aliphatic rings. The van der Waals surface area contributed by atoms with Gasteiger partial charge < -0.3 is 14.8 Å². The highest BCUT2D eigenvalue weighted by molar-refractivity contribution is 5.13. The molecule has 1 N–H and O–H groups in total. The van der Waals surface area contributed by atoms with Crippen molar-refractivity contribution in [2.75, 3.05) is 19.7 Å². The Morgan fingerprint density at radius 2 is 2.16 bits per heavy atom. The fourth-order valence-electron chi connectivity index (χ4n) is 2.63. The van der Waals surface area contributed by atoms with Crippen LogP contribution < -0.4 is 5.32 Å². The molecule has 1 aromatic rings. The Hall–Kier alpha value is -0.900. The largest absolute Gasteiger partial charge is 0.374 e. The van der Waals surface area contributed by atoms with Crippen molar-refractivity contribution < 1.29 is 9.47 Å². The van der Waals surface area contributed by atoms with Gasteiger partial charge in [0.15, 0.2) is 0 Å². The Balaban J connectivity index is 1.74. The molecule has 106 valence electrons. The molecule has 19 heavy (non-hydrogen) atoms. The van der Waals surface area contributed by atoms with E-state index < -0.39 is 0 Å². The van der Waals surface area contributed by atoms with Gasteiger partial charge in [0.05, 0.1) is 24.9 Å². The molecule has 1 aromatic carbocycles. The maximum absolute atomic E-state index is 6.16. The summed E-state index contributed by atoms with van der Waals surface area (Å²) >= 11 is 0. The molecule has 0 saturated carbocycles. The Labute approximate surface area is 116 Å². The van der Waals surface area contributed by atoms with E-state index in [-0.39, 0.29) is 11.7 Å². The molecule has 0 amide bonds. The topological polar surface area (TPSA) is 30.5 Å². The lowest BCUT2D eigenvalue weighted by Gasteiger charge is -2.39. The van der Waals surface area contributed by atoms with Gasteiger partial charge in [0.2, 0.25) is 0 Å². The molecule has 2 rings (SSSR count). The molecule has 2 unspecified atom stereocenters. The minimum atomic E-state index is -0.0340. The van der Waals surface area contributed by atoms with E-state index in [1.807, 2.05) is 18.2 Å². The van der Waals surface area contributed by atoms with Gasteiger partial charge in [-0.1, -0.05) is 43.7 Å². The monoisotopic (exact) mass is 263 g/mol. The third kappa shape index (κ3) is 4.60. The van der Waals surface area contributed by atoms with Crippen LogP contribution in [0.1, 0.15) is 32.3 Å². The summed E-state index contributed by atoms with van der Waals surface area (Å²) in [4.78, 5) is 0. The smallest absolute Gasteiger partial charge is 0.0940 e. The molecule has 1 heterocycles. The van der Waals surface area contributed by atoms with Crippen LogP contribution in [-0.2, 0) is 16.1 Å². The standard InChI is InChI=1S/C16H25NO2/c1-3-9-16(2)13-17-10-15(19-16)12-18-11-14-7-5-4-6-8-14/h4-8,15,17H,3,9-13H2,1-2H3. The van der Waals surface area contributed by atoms with Crippen LogP contribution in [0.4, 0.5) is 0 Å². The number of hydrogen-bond acceptors (Lipinski definition) is 3. The number of benzene rings is 1. The predicted molar refractivity (Wildman–Crippen MR) is 77.2 cm³/mol. The summed E-state index contributed by atoms with van der Waals surface area (Å²) in [5, 5.41) is 3.45. The Kier molecular flexibility index (Phi) is 5.37. The minimum Gasteiger partial charge on any atom is -0.374 e. The van der Waals surface area contributed by atoms with E-state index in [1.54, 1.807) is 0 Å². The highest BCUT2D eigenvalue weighted by Crippen LogP contribution is 2.22. The fourth-order valence-corrected chi connectivity index (χ4v) is 2.63. The first-order valence-electron chi connectivity index (χ1n) is 7.22. The van der Waals surface area contributed by atoms with Crippen molar-refractivity contribution in [3.05, 3.63) is 35.9 Å². The number of nitrogens with one attached hydrogen (secondary N) is 1. The third-order valence-corrected chi connectivity index (χ3v) is 3.52. The lowest BCUT2D eigenvalue weighted by atomic mass is 9.98. The van der Waals surface area contributed by atoms with Crippen molar-refractivity contribution in [2.45, 2.75) is 45.0 Å². The normalized spacial score (nSPS) is 27.4. The average molecular weight is 263 g/mol. The van der Waals surface area contributed by atoms with Crippen LogP contribution in [0.2, 0.25) is 0 Å². The Morgan fingerprint density at radius 1 is 1.37 bits per heavy atom. The van der Waals surface area contributed by atoms with Crippen LogP contribution in [0.25, 0.3) is 0 Å². The SMILES string of the molecule is CCCC1(C)CNCC(COCc2ccccc2)O1. The van der Waals surface area contributed by atoms with Gasteiger partial charge in [-0.25, -0.2) is 0 Å². The van der Waals surface area contributed by atoms with E-state index in [4.69, 9.17) is 9.47 Å². The maximum Gasteiger partial charge on any atom is 0.0940 e. The zero-order valence-electron chi connectivity index (χ0n) is 12.0. The highest BCUT2D eigenvalue weighted by atomic mass is 16.5. The van der Waals surface area contributed by atoms with Crippen molar-refractivity contribution in [3.63, 3.8) is 0 Å². The lowest BCUT2D eigenvalue weighted by molar-refractivity contribution is -0.134. The van der Waals surface area contributed by atoms with Crippen LogP contribution in [0.3, 0.4) is 0 Å². The maximum atomic E-state index is 6.16. The van der Waals surface area contributed by atoms with Gasteiger partial charge in [-0.3, -0.25) is 0 Å².